The van der Waals surface area contributed by atoms with Crippen LogP contribution in [0.4, 0.5) is 5.69 Å². The molecule has 1 aliphatic heterocycles. The van der Waals surface area contributed by atoms with Crippen LogP contribution in [0.1, 0.15) is 45.7 Å². The number of nitrogens with zero attached hydrogens (tertiary/aromatic N) is 4. The van der Waals surface area contributed by atoms with Crippen LogP contribution in [0.2, 0.25) is 5.02 Å². The molecule has 1 amide bonds. The number of anilines is 1. The Morgan fingerprint density at radius 1 is 1.05 bits per heavy atom. The van der Waals surface area contributed by atoms with Gasteiger partial charge in [0.2, 0.25) is 0 Å². The molecule has 0 bridgehead atoms. The van der Waals surface area contributed by atoms with E-state index in [0.29, 0.717) is 10.8 Å². The molecule has 200 valence electrons. The van der Waals surface area contributed by atoms with Gasteiger partial charge in [0.25, 0.3) is 0 Å². The molecule has 0 aliphatic carbocycles. The topological polar surface area (TPSA) is 72.2 Å². The molecule has 0 spiro atoms. The Morgan fingerprint density at radius 3 is 2.32 bits per heavy atom. The zero-order valence-corrected chi connectivity index (χ0v) is 23.8. The summed E-state index contributed by atoms with van der Waals surface area (Å²) in [6, 6.07) is 24.7. The third-order valence-electron chi connectivity index (χ3n) is 6.24. The number of carbonyl (C=O) groups is 1. The van der Waals surface area contributed by atoms with E-state index in [1.54, 1.807) is 11.3 Å². The second-order valence-corrected chi connectivity index (χ2v) is 10.4. The van der Waals surface area contributed by atoms with Gasteiger partial charge in [-0.1, -0.05) is 29.4 Å². The van der Waals surface area contributed by atoms with E-state index in [1.165, 1.54) is 10.4 Å². The standard InChI is InChI=1S/C24H21ClN5OS.C5H5.Fe/c1-13-14(2)32-24-21(13)22(16-8-10-17(25)11-9-16)27-19(23-29-28-15(3)30(23)24)12-20(31)26-18-6-4-5-7-18;1-2-4-5-3-1;/h4-11,19H,12H2,1-3H3,(H,26,31);1-5H;/q-1;-5;/t19-;;/m0../s1. The summed E-state index contributed by atoms with van der Waals surface area (Å²) in [5.41, 5.74) is 4.79. The van der Waals surface area contributed by atoms with Gasteiger partial charge in [-0.15, -0.1) is 33.7 Å². The largest absolute Gasteiger partial charge is 0.748 e. The van der Waals surface area contributed by atoms with Crippen LogP contribution in [0.5, 0.6) is 0 Å². The molecule has 0 fully saturated rings. The number of halogens is 1. The average Bonchev–Trinajstić information content (AvgIpc) is 3.68. The van der Waals surface area contributed by atoms with Gasteiger partial charge in [0.1, 0.15) is 16.9 Å². The normalized spacial score (nSPS) is 13.7. The number of thiophene rings is 1. The summed E-state index contributed by atoms with van der Waals surface area (Å²) in [5, 5.41) is 13.4. The first-order valence-corrected chi connectivity index (χ1v) is 13.2. The van der Waals surface area contributed by atoms with Crippen LogP contribution in [0.25, 0.3) is 5.00 Å². The first-order valence-electron chi connectivity index (χ1n) is 12.0. The maximum absolute atomic E-state index is 12.9. The van der Waals surface area contributed by atoms with Gasteiger partial charge in [0.05, 0.1) is 5.71 Å². The minimum atomic E-state index is -0.476. The summed E-state index contributed by atoms with van der Waals surface area (Å²) in [4.78, 5) is 19.2. The Labute approximate surface area is 241 Å². The van der Waals surface area contributed by atoms with Crippen molar-refractivity contribution in [1.29, 1.82) is 0 Å². The van der Waals surface area contributed by atoms with Crippen LogP contribution < -0.4 is 5.32 Å². The number of hydrogen-bond donors (Lipinski definition) is 1. The molecule has 3 heterocycles. The summed E-state index contributed by atoms with van der Waals surface area (Å²) in [6.45, 7) is 6.15. The fourth-order valence-corrected chi connectivity index (χ4v) is 5.64. The Morgan fingerprint density at radius 2 is 1.68 bits per heavy atom. The monoisotopic (exact) mass is 583 g/mol. The average molecular weight is 584 g/mol. The van der Waals surface area contributed by atoms with E-state index in [4.69, 9.17) is 16.6 Å². The molecule has 3 aromatic carbocycles. The molecule has 5 aromatic rings. The zero-order valence-electron chi connectivity index (χ0n) is 21.1. The Hall–Kier alpha value is -3.29. The number of benzene rings is 1. The maximum Gasteiger partial charge on any atom is 0.162 e. The summed E-state index contributed by atoms with van der Waals surface area (Å²) < 4.78 is 2.05. The van der Waals surface area contributed by atoms with E-state index >= 15 is 0 Å². The van der Waals surface area contributed by atoms with Gasteiger partial charge in [-0.2, -0.15) is 12.1 Å². The fraction of sp³-hybridized carbons (Fsp3) is 0.172. The van der Waals surface area contributed by atoms with Crippen molar-refractivity contribution in [2.24, 2.45) is 4.99 Å². The zero-order chi connectivity index (χ0) is 25.9. The molecule has 6 nitrogen and oxygen atoms in total. The number of carbonyl (C=O) groups excluding carboxylic acids is 1. The predicted octanol–water partition coefficient (Wildman–Crippen LogP) is 6.95. The second kappa shape index (κ2) is 12.0. The Kier molecular flexibility index (Phi) is 8.80. The molecule has 0 saturated carbocycles. The number of aliphatic imine (C=N–C) groups is 1. The van der Waals surface area contributed by atoms with Crippen LogP contribution in [-0.2, 0) is 21.9 Å². The van der Waals surface area contributed by atoms with E-state index in [-0.39, 0.29) is 29.4 Å². The minimum absolute atomic E-state index is 0. The molecule has 1 atom stereocenters. The molecule has 1 aliphatic rings. The van der Waals surface area contributed by atoms with Gasteiger partial charge in [-0.05, 0) is 38.5 Å². The molecule has 0 unspecified atom stereocenters. The number of aryl methyl sites for hydroxylation is 2. The third kappa shape index (κ3) is 5.74. The van der Waals surface area contributed by atoms with Crippen LogP contribution in [-0.4, -0.2) is 26.4 Å². The number of nitrogens with one attached hydrogen (secondary N) is 1. The quantitative estimate of drug-likeness (QED) is 0.184. The van der Waals surface area contributed by atoms with E-state index < -0.39 is 6.04 Å². The molecule has 9 heteroatoms. The number of aromatic nitrogens is 3. The summed E-state index contributed by atoms with van der Waals surface area (Å²) >= 11 is 7.84. The van der Waals surface area contributed by atoms with Crippen LogP contribution >= 0.6 is 22.9 Å². The first kappa shape index (κ1) is 27.7. The molecule has 38 heavy (non-hydrogen) atoms. The van der Waals surface area contributed by atoms with Crippen molar-refractivity contribution < 1.29 is 21.9 Å². The van der Waals surface area contributed by atoms with Crippen molar-refractivity contribution in [1.82, 2.24) is 14.8 Å². The van der Waals surface area contributed by atoms with E-state index in [1.807, 2.05) is 90.4 Å². The van der Waals surface area contributed by atoms with Crippen molar-refractivity contribution in [2.75, 3.05) is 5.32 Å². The Balaban J connectivity index is 0.000000504. The first-order chi connectivity index (χ1) is 17.9. The molecular weight excluding hydrogens is 558 g/mol. The van der Waals surface area contributed by atoms with E-state index in [2.05, 4.69) is 29.4 Å². The van der Waals surface area contributed by atoms with Crippen molar-refractivity contribution in [3.05, 3.63) is 117 Å². The fourth-order valence-electron chi connectivity index (χ4n) is 4.30. The molecule has 1 N–H and O–H groups in total. The third-order valence-corrected chi connectivity index (χ3v) is 7.68. The molecule has 0 saturated heterocycles. The number of rotatable bonds is 4. The summed E-state index contributed by atoms with van der Waals surface area (Å²) in [7, 11) is 0. The van der Waals surface area contributed by atoms with Crippen LogP contribution in [0, 0.1) is 20.8 Å². The maximum atomic E-state index is 12.9. The van der Waals surface area contributed by atoms with Crippen molar-refractivity contribution in [3.8, 4) is 5.00 Å². The number of fused-ring (bicyclic) bond motifs is 3. The molecule has 0 radical (unpaired) electrons. The molecule has 2 aromatic heterocycles. The van der Waals surface area contributed by atoms with Gasteiger partial charge < -0.3 is 40.4 Å². The van der Waals surface area contributed by atoms with Gasteiger partial charge in [-0.3, -0.25) is 9.56 Å². The van der Waals surface area contributed by atoms with Gasteiger partial charge >= 0.3 is 0 Å². The van der Waals surface area contributed by atoms with Gasteiger partial charge in [0.15, 0.2) is 11.7 Å². The van der Waals surface area contributed by atoms with Gasteiger partial charge in [0, 0.05) is 44.5 Å². The molecular formula is C29H26ClFeN5OS-6. The van der Waals surface area contributed by atoms with E-state index in [0.717, 1.165) is 33.4 Å². The van der Waals surface area contributed by atoms with Crippen molar-refractivity contribution in [2.45, 2.75) is 33.2 Å². The van der Waals surface area contributed by atoms with E-state index in [9.17, 15) is 4.79 Å². The Bertz CT molecular complexity index is 1520. The number of amides is 1. The molecule has 6 rings (SSSR count). The van der Waals surface area contributed by atoms with Crippen LogP contribution in [0.15, 0.2) is 83.9 Å². The predicted molar refractivity (Wildman–Crippen MR) is 151 cm³/mol. The summed E-state index contributed by atoms with van der Waals surface area (Å²) in [6.07, 6.45) is 0.160. The summed E-state index contributed by atoms with van der Waals surface area (Å²) in [5.74, 6) is 1.33. The SMILES string of the molecule is Cc1sc2c(c1C)C(c1ccc(Cl)cc1)=N[C@@H](CC(=O)N[c-]1cccc1)c1nnc(C)n1-2.[Fe].[cH-]1[cH-][cH-][cH-][cH-]1. The smallest absolute Gasteiger partial charge is 0.162 e. The minimum Gasteiger partial charge on any atom is -0.748 e. The number of hydrogen-bond acceptors (Lipinski definition) is 5. The van der Waals surface area contributed by atoms with Crippen molar-refractivity contribution in [3.63, 3.8) is 0 Å². The van der Waals surface area contributed by atoms with Gasteiger partial charge in [-0.25, -0.2) is 0 Å². The second-order valence-electron chi connectivity index (χ2n) is 8.79. The van der Waals surface area contributed by atoms with Crippen LogP contribution in [0.3, 0.4) is 0 Å². The van der Waals surface area contributed by atoms with Crippen molar-refractivity contribution >= 4 is 40.2 Å².